The Hall–Kier alpha value is -3.08. The van der Waals surface area contributed by atoms with Crippen LogP contribution < -0.4 is 14.8 Å². The number of nitrogens with one attached hydrogen (secondary N) is 1. The summed E-state index contributed by atoms with van der Waals surface area (Å²) in [6, 6.07) is 9.76. The fourth-order valence-corrected chi connectivity index (χ4v) is 6.03. The molecule has 0 fully saturated rings. The normalized spacial score (nSPS) is 12.8. The zero-order valence-electron chi connectivity index (χ0n) is 20.0. The summed E-state index contributed by atoms with van der Waals surface area (Å²) in [5.41, 5.74) is 5.49. The summed E-state index contributed by atoms with van der Waals surface area (Å²) < 4.78 is 12.1. The van der Waals surface area contributed by atoms with Crippen LogP contribution in [-0.4, -0.2) is 25.8 Å². The lowest BCUT2D eigenvalue weighted by Crippen LogP contribution is -2.15. The number of carbonyl (C=O) groups excluding carboxylic acids is 1. The van der Waals surface area contributed by atoms with Crippen molar-refractivity contribution >= 4 is 50.1 Å². The first-order valence-electron chi connectivity index (χ1n) is 11.4. The first kappa shape index (κ1) is 25.0. The Kier molecular flexibility index (Phi) is 7.94. The van der Waals surface area contributed by atoms with E-state index in [-0.39, 0.29) is 12.5 Å². The van der Waals surface area contributed by atoms with E-state index in [9.17, 15) is 4.79 Å². The van der Waals surface area contributed by atoms with Gasteiger partial charge in [0.2, 0.25) is 0 Å². The van der Waals surface area contributed by atoms with E-state index in [4.69, 9.17) is 20.9 Å². The van der Waals surface area contributed by atoms with E-state index in [2.05, 4.69) is 33.2 Å². The molecule has 1 aromatic heterocycles. The van der Waals surface area contributed by atoms with Crippen molar-refractivity contribution in [3.05, 3.63) is 67.5 Å². The molecule has 0 saturated carbocycles. The van der Waals surface area contributed by atoms with Crippen LogP contribution in [0.3, 0.4) is 0 Å². The Balaban J connectivity index is 1.73. The van der Waals surface area contributed by atoms with Gasteiger partial charge >= 0.3 is 0 Å². The minimum Gasteiger partial charge on any atom is -0.493 e. The van der Waals surface area contributed by atoms with Crippen molar-refractivity contribution < 1.29 is 14.3 Å². The second-order valence-electron chi connectivity index (χ2n) is 8.50. The van der Waals surface area contributed by atoms with Crippen LogP contribution in [0.15, 0.2) is 39.8 Å². The zero-order valence-corrected chi connectivity index (χ0v) is 22.4. The highest BCUT2D eigenvalue weighted by Gasteiger charge is 2.25. The highest BCUT2D eigenvalue weighted by Crippen LogP contribution is 2.41. The lowest BCUT2D eigenvalue weighted by Gasteiger charge is -2.13. The van der Waals surface area contributed by atoms with E-state index < -0.39 is 0 Å². The van der Waals surface area contributed by atoms with Crippen molar-refractivity contribution in [3.63, 3.8) is 0 Å². The van der Waals surface area contributed by atoms with Gasteiger partial charge in [0.1, 0.15) is 11.6 Å². The van der Waals surface area contributed by atoms with E-state index in [0.717, 1.165) is 52.5 Å². The predicted molar refractivity (Wildman–Crippen MR) is 147 cm³/mol. The van der Waals surface area contributed by atoms with E-state index in [1.807, 2.05) is 38.1 Å². The van der Waals surface area contributed by atoms with Crippen LogP contribution in [0.1, 0.15) is 50.3 Å². The summed E-state index contributed by atoms with van der Waals surface area (Å²) in [4.78, 5) is 19.5. The first-order chi connectivity index (χ1) is 16.9. The predicted octanol–water partition coefficient (Wildman–Crippen LogP) is 7.03. The summed E-state index contributed by atoms with van der Waals surface area (Å²) in [6.07, 6.45) is 11.2. The number of hydrogen-bond donors (Lipinski definition) is 1. The number of aliphatic imine (C=N–C) groups is 1. The lowest BCUT2D eigenvalue weighted by molar-refractivity contribution is 0.102. The van der Waals surface area contributed by atoms with Gasteiger partial charge in [0, 0.05) is 26.8 Å². The number of anilines is 1. The maximum absolute atomic E-state index is 13.5. The van der Waals surface area contributed by atoms with Gasteiger partial charge < -0.3 is 14.8 Å². The number of fused-ring (bicyclic) bond motifs is 1. The number of aryl methyl sites for hydroxylation is 3. The van der Waals surface area contributed by atoms with Crippen molar-refractivity contribution in [3.8, 4) is 23.8 Å². The van der Waals surface area contributed by atoms with Crippen molar-refractivity contribution in [2.24, 2.45) is 4.99 Å². The zero-order chi connectivity index (χ0) is 24.9. The van der Waals surface area contributed by atoms with Crippen molar-refractivity contribution in [1.82, 2.24) is 0 Å². The molecule has 0 bridgehead atoms. The summed E-state index contributed by atoms with van der Waals surface area (Å²) in [6.45, 7) is 4.16. The number of benzene rings is 2. The summed E-state index contributed by atoms with van der Waals surface area (Å²) >= 11 is 5.11. The summed E-state index contributed by atoms with van der Waals surface area (Å²) in [5.74, 6) is 3.42. The molecule has 180 valence electrons. The Labute approximate surface area is 218 Å². The molecule has 1 heterocycles. The van der Waals surface area contributed by atoms with Crippen LogP contribution in [-0.2, 0) is 12.8 Å². The number of hydrogen-bond acceptors (Lipinski definition) is 5. The second kappa shape index (κ2) is 11.1. The van der Waals surface area contributed by atoms with E-state index >= 15 is 0 Å². The minimum atomic E-state index is -0.128. The quantitative estimate of drug-likeness (QED) is 0.253. The number of nitrogens with zero attached hydrogens (tertiary/aromatic N) is 1. The van der Waals surface area contributed by atoms with Crippen molar-refractivity contribution in [2.75, 3.05) is 19.0 Å². The number of rotatable bonds is 7. The Morgan fingerprint density at radius 3 is 2.66 bits per heavy atom. The van der Waals surface area contributed by atoms with Gasteiger partial charge in [0.15, 0.2) is 11.5 Å². The second-order valence-corrected chi connectivity index (χ2v) is 10.5. The Morgan fingerprint density at radius 2 is 1.94 bits per heavy atom. The molecular formula is C28H27BrN2O3S. The molecule has 3 aromatic rings. The van der Waals surface area contributed by atoms with Gasteiger partial charge in [-0.2, -0.15) is 0 Å². The molecule has 7 heteroatoms. The molecule has 0 spiro atoms. The molecule has 0 radical (unpaired) electrons. The standard InChI is InChI=1S/C28H27BrN2O3S/c1-5-10-34-26-19(14-20(29)15-23(26)33-4)16-30-28-25(22-8-6-7-9-24(22)35-28)27(32)31-21-12-17(2)11-18(3)13-21/h1,11-16H,6-10H2,2-4H3,(H,31,32). The van der Waals surface area contributed by atoms with Crippen LogP contribution in [0, 0.1) is 26.2 Å². The highest BCUT2D eigenvalue weighted by atomic mass is 79.9. The topological polar surface area (TPSA) is 59.9 Å². The van der Waals surface area contributed by atoms with Crippen LogP contribution in [0.25, 0.3) is 0 Å². The largest absolute Gasteiger partial charge is 0.493 e. The fourth-order valence-electron chi connectivity index (χ4n) is 4.35. The van der Waals surface area contributed by atoms with Gasteiger partial charge in [0.05, 0.1) is 12.7 Å². The number of carbonyl (C=O) groups is 1. The third kappa shape index (κ3) is 5.77. The monoisotopic (exact) mass is 550 g/mol. The van der Waals surface area contributed by atoms with Crippen LogP contribution >= 0.6 is 27.3 Å². The van der Waals surface area contributed by atoms with Gasteiger partial charge in [-0.1, -0.05) is 27.9 Å². The number of thiophene rings is 1. The van der Waals surface area contributed by atoms with Crippen molar-refractivity contribution in [1.29, 1.82) is 0 Å². The molecule has 35 heavy (non-hydrogen) atoms. The molecule has 2 aromatic carbocycles. The number of amides is 1. The van der Waals surface area contributed by atoms with E-state index in [1.54, 1.807) is 24.7 Å². The molecule has 0 atom stereocenters. The van der Waals surface area contributed by atoms with E-state index in [0.29, 0.717) is 27.6 Å². The number of terminal acetylenes is 1. The molecule has 1 aliphatic rings. The highest BCUT2D eigenvalue weighted by molar-refractivity contribution is 9.10. The average molecular weight is 552 g/mol. The van der Waals surface area contributed by atoms with Gasteiger partial charge in [-0.25, -0.2) is 4.99 Å². The van der Waals surface area contributed by atoms with Gasteiger partial charge in [-0.3, -0.25) is 4.79 Å². The maximum atomic E-state index is 13.5. The minimum absolute atomic E-state index is 0.107. The number of methoxy groups -OCH3 is 1. The molecule has 0 aliphatic heterocycles. The first-order valence-corrected chi connectivity index (χ1v) is 13.0. The van der Waals surface area contributed by atoms with Crippen molar-refractivity contribution in [2.45, 2.75) is 39.5 Å². The van der Waals surface area contributed by atoms with Crippen LogP contribution in [0.5, 0.6) is 11.5 Å². The van der Waals surface area contributed by atoms with Crippen LogP contribution in [0.2, 0.25) is 0 Å². The summed E-state index contributed by atoms with van der Waals surface area (Å²) in [5, 5.41) is 3.80. The summed E-state index contributed by atoms with van der Waals surface area (Å²) in [7, 11) is 1.58. The van der Waals surface area contributed by atoms with Crippen LogP contribution in [0.4, 0.5) is 10.7 Å². The molecule has 4 rings (SSSR count). The number of ether oxygens (including phenoxy) is 2. The molecule has 1 aliphatic carbocycles. The molecule has 0 saturated heterocycles. The van der Waals surface area contributed by atoms with Gasteiger partial charge in [-0.15, -0.1) is 17.8 Å². The molecule has 5 nitrogen and oxygen atoms in total. The smallest absolute Gasteiger partial charge is 0.259 e. The average Bonchev–Trinajstić information content (AvgIpc) is 3.19. The SMILES string of the molecule is C#CCOc1c(C=Nc2sc3c(c2C(=O)Nc2cc(C)cc(C)c2)CCCC3)cc(Br)cc1OC. The van der Waals surface area contributed by atoms with Gasteiger partial charge in [0.25, 0.3) is 5.91 Å². The third-order valence-corrected chi connectivity index (χ3v) is 7.41. The third-order valence-electron chi connectivity index (χ3n) is 5.75. The lowest BCUT2D eigenvalue weighted by atomic mass is 9.95. The molecule has 0 unspecified atom stereocenters. The van der Waals surface area contributed by atoms with Gasteiger partial charge in [-0.05, 0) is 80.5 Å². The Morgan fingerprint density at radius 1 is 1.20 bits per heavy atom. The van der Waals surface area contributed by atoms with E-state index in [1.165, 1.54) is 4.88 Å². The Bertz CT molecular complexity index is 1320. The maximum Gasteiger partial charge on any atom is 0.259 e. The molecule has 1 amide bonds. The number of halogens is 1. The fraction of sp³-hybridized carbons (Fsp3) is 0.286. The molecular weight excluding hydrogens is 524 g/mol. The molecule has 1 N–H and O–H groups in total.